The molecule has 0 atom stereocenters. The fraction of sp³-hybridized carbons (Fsp3) is 0.0833. The maximum absolute atomic E-state index is 10.8. The second-order valence-corrected chi connectivity index (χ2v) is 4.49. The highest BCUT2D eigenvalue weighted by molar-refractivity contribution is 7.99. The first kappa shape index (κ1) is 11.6. The van der Waals surface area contributed by atoms with E-state index in [9.17, 15) is 4.79 Å². The molecular formula is C12H10N2O2S. The van der Waals surface area contributed by atoms with Crippen molar-refractivity contribution in [1.29, 1.82) is 0 Å². The molecule has 4 nitrogen and oxygen atoms in total. The molecule has 2 aromatic rings. The van der Waals surface area contributed by atoms with Gasteiger partial charge in [0.1, 0.15) is 5.03 Å². The lowest BCUT2D eigenvalue weighted by Crippen LogP contribution is -1.96. The Morgan fingerprint density at radius 2 is 2.18 bits per heavy atom. The van der Waals surface area contributed by atoms with E-state index in [1.807, 2.05) is 6.92 Å². The Kier molecular flexibility index (Phi) is 3.39. The molecule has 0 fully saturated rings. The van der Waals surface area contributed by atoms with Crippen molar-refractivity contribution in [2.24, 2.45) is 0 Å². The zero-order chi connectivity index (χ0) is 12.3. The first-order valence-corrected chi connectivity index (χ1v) is 5.76. The van der Waals surface area contributed by atoms with Crippen molar-refractivity contribution >= 4 is 17.7 Å². The Labute approximate surface area is 103 Å². The van der Waals surface area contributed by atoms with E-state index in [2.05, 4.69) is 9.97 Å². The van der Waals surface area contributed by atoms with Gasteiger partial charge in [0, 0.05) is 17.3 Å². The van der Waals surface area contributed by atoms with E-state index < -0.39 is 5.97 Å². The van der Waals surface area contributed by atoms with E-state index >= 15 is 0 Å². The van der Waals surface area contributed by atoms with Crippen LogP contribution in [0.3, 0.4) is 0 Å². The fourth-order valence-electron chi connectivity index (χ4n) is 1.35. The molecule has 0 aliphatic rings. The van der Waals surface area contributed by atoms with Gasteiger partial charge in [0.15, 0.2) is 0 Å². The Hall–Kier alpha value is -1.88. The molecule has 0 aliphatic carbocycles. The van der Waals surface area contributed by atoms with E-state index in [-0.39, 0.29) is 0 Å². The molecule has 0 unspecified atom stereocenters. The summed E-state index contributed by atoms with van der Waals surface area (Å²) in [6, 6.07) is 5.03. The van der Waals surface area contributed by atoms with Crippen molar-refractivity contribution in [2.45, 2.75) is 16.8 Å². The minimum Gasteiger partial charge on any atom is -0.478 e. The molecule has 2 rings (SSSR count). The molecule has 5 heteroatoms. The van der Waals surface area contributed by atoms with Crippen LogP contribution in [0.5, 0.6) is 0 Å². The van der Waals surface area contributed by atoms with Crippen molar-refractivity contribution in [1.82, 2.24) is 9.97 Å². The average molecular weight is 246 g/mol. The molecule has 0 amide bonds. The summed E-state index contributed by atoms with van der Waals surface area (Å²) >= 11 is 1.47. The number of hydrogen-bond acceptors (Lipinski definition) is 4. The van der Waals surface area contributed by atoms with E-state index in [4.69, 9.17) is 5.11 Å². The van der Waals surface area contributed by atoms with Crippen molar-refractivity contribution < 1.29 is 9.90 Å². The molecule has 0 radical (unpaired) electrons. The number of carboxylic acid groups (broad SMARTS) is 1. The van der Waals surface area contributed by atoms with Crippen molar-refractivity contribution in [2.75, 3.05) is 0 Å². The summed E-state index contributed by atoms with van der Waals surface area (Å²) in [5.41, 5.74) is 1.21. The molecular weight excluding hydrogens is 236 g/mol. The van der Waals surface area contributed by atoms with Gasteiger partial charge >= 0.3 is 5.97 Å². The summed E-state index contributed by atoms with van der Waals surface area (Å²) in [6.07, 6.45) is 4.92. The van der Waals surface area contributed by atoms with Crippen LogP contribution in [0, 0.1) is 6.92 Å². The predicted octanol–water partition coefficient (Wildman–Crippen LogP) is 2.63. The van der Waals surface area contributed by atoms with Crippen molar-refractivity contribution in [3.8, 4) is 0 Å². The van der Waals surface area contributed by atoms with Crippen LogP contribution in [0.4, 0.5) is 0 Å². The summed E-state index contributed by atoms with van der Waals surface area (Å²) in [7, 11) is 0. The van der Waals surface area contributed by atoms with Gasteiger partial charge in [-0.3, -0.25) is 4.98 Å². The molecule has 1 N–H and O–H groups in total. The predicted molar refractivity (Wildman–Crippen MR) is 64.3 cm³/mol. The molecule has 1 heterocycles. The fourth-order valence-corrected chi connectivity index (χ4v) is 2.16. The molecule has 0 saturated carbocycles. The van der Waals surface area contributed by atoms with Crippen LogP contribution in [0.2, 0.25) is 0 Å². The van der Waals surface area contributed by atoms with Gasteiger partial charge in [-0.25, -0.2) is 9.78 Å². The van der Waals surface area contributed by atoms with Crippen LogP contribution in [0.25, 0.3) is 0 Å². The van der Waals surface area contributed by atoms with Gasteiger partial charge in [-0.2, -0.15) is 0 Å². The maximum Gasteiger partial charge on any atom is 0.335 e. The third-order valence-electron chi connectivity index (χ3n) is 2.18. The quantitative estimate of drug-likeness (QED) is 0.902. The Balaban J connectivity index is 2.26. The zero-order valence-corrected chi connectivity index (χ0v) is 9.94. The summed E-state index contributed by atoms with van der Waals surface area (Å²) in [6.45, 7) is 1.88. The molecule has 1 aromatic carbocycles. The minimum atomic E-state index is -0.913. The third kappa shape index (κ3) is 2.82. The van der Waals surface area contributed by atoms with Crippen LogP contribution in [0.15, 0.2) is 46.7 Å². The second kappa shape index (κ2) is 4.97. The standard InChI is InChI=1S/C12H10N2O2S/c1-8-6-9(12(15)16)2-3-10(8)17-11-7-13-4-5-14-11/h2-7H,1H3,(H,15,16). The third-order valence-corrected chi connectivity index (χ3v) is 3.27. The zero-order valence-electron chi connectivity index (χ0n) is 9.12. The van der Waals surface area contributed by atoms with E-state index in [1.54, 1.807) is 36.8 Å². The van der Waals surface area contributed by atoms with Crippen LogP contribution in [-0.4, -0.2) is 21.0 Å². The number of aromatic carboxylic acids is 1. The topological polar surface area (TPSA) is 63.1 Å². The molecule has 17 heavy (non-hydrogen) atoms. The lowest BCUT2D eigenvalue weighted by Gasteiger charge is -2.05. The lowest BCUT2D eigenvalue weighted by atomic mass is 10.1. The number of aryl methyl sites for hydroxylation is 1. The Morgan fingerprint density at radius 1 is 1.35 bits per heavy atom. The average Bonchev–Trinajstić information content (AvgIpc) is 2.33. The van der Waals surface area contributed by atoms with E-state index in [0.29, 0.717) is 5.56 Å². The first-order chi connectivity index (χ1) is 8.16. The summed E-state index contributed by atoms with van der Waals surface area (Å²) in [5, 5.41) is 9.65. The molecule has 0 bridgehead atoms. The highest BCUT2D eigenvalue weighted by Crippen LogP contribution is 2.28. The number of aromatic nitrogens is 2. The number of benzene rings is 1. The smallest absolute Gasteiger partial charge is 0.335 e. The summed E-state index contributed by atoms with van der Waals surface area (Å²) in [4.78, 5) is 19.9. The van der Waals surface area contributed by atoms with Crippen molar-refractivity contribution in [3.63, 3.8) is 0 Å². The van der Waals surface area contributed by atoms with E-state index in [1.165, 1.54) is 11.8 Å². The highest BCUT2D eigenvalue weighted by atomic mass is 32.2. The second-order valence-electron chi connectivity index (χ2n) is 3.43. The maximum atomic E-state index is 10.8. The van der Waals surface area contributed by atoms with Gasteiger partial charge in [-0.05, 0) is 30.7 Å². The SMILES string of the molecule is Cc1cc(C(=O)O)ccc1Sc1cnccn1. The largest absolute Gasteiger partial charge is 0.478 e. The lowest BCUT2D eigenvalue weighted by molar-refractivity contribution is 0.0696. The number of nitrogens with zero attached hydrogens (tertiary/aromatic N) is 2. The van der Waals surface area contributed by atoms with Crippen LogP contribution in [0.1, 0.15) is 15.9 Å². The van der Waals surface area contributed by atoms with Crippen LogP contribution in [-0.2, 0) is 0 Å². The molecule has 0 aliphatic heterocycles. The summed E-state index contributed by atoms with van der Waals surface area (Å²) < 4.78 is 0. The van der Waals surface area contributed by atoms with Gasteiger partial charge in [0.25, 0.3) is 0 Å². The van der Waals surface area contributed by atoms with Crippen molar-refractivity contribution in [3.05, 3.63) is 47.9 Å². The number of carbonyl (C=O) groups is 1. The van der Waals surface area contributed by atoms with Gasteiger partial charge in [-0.1, -0.05) is 11.8 Å². The molecule has 0 spiro atoms. The highest BCUT2D eigenvalue weighted by Gasteiger charge is 2.07. The molecule has 1 aromatic heterocycles. The number of carboxylic acids is 1. The summed E-state index contributed by atoms with van der Waals surface area (Å²) in [5.74, 6) is -0.913. The van der Waals surface area contributed by atoms with E-state index in [0.717, 1.165) is 15.5 Å². The monoisotopic (exact) mass is 246 g/mol. The van der Waals surface area contributed by atoms with Crippen LogP contribution >= 0.6 is 11.8 Å². The van der Waals surface area contributed by atoms with Gasteiger partial charge in [0.2, 0.25) is 0 Å². The minimum absolute atomic E-state index is 0.297. The Bertz CT molecular complexity index is 543. The normalized spacial score (nSPS) is 10.2. The molecule has 86 valence electrons. The van der Waals surface area contributed by atoms with Crippen LogP contribution < -0.4 is 0 Å². The number of hydrogen-bond donors (Lipinski definition) is 1. The van der Waals surface area contributed by atoms with Gasteiger partial charge < -0.3 is 5.11 Å². The first-order valence-electron chi connectivity index (χ1n) is 4.94. The van der Waals surface area contributed by atoms with Gasteiger partial charge in [0.05, 0.1) is 11.8 Å². The van der Waals surface area contributed by atoms with Gasteiger partial charge in [-0.15, -0.1) is 0 Å². The molecule has 0 saturated heterocycles. The number of rotatable bonds is 3. The Morgan fingerprint density at radius 3 is 2.76 bits per heavy atom.